The maximum Gasteiger partial charge on any atom is 0.309 e. The summed E-state index contributed by atoms with van der Waals surface area (Å²) in [7, 11) is 0. The van der Waals surface area contributed by atoms with Crippen LogP contribution in [0.15, 0.2) is 42.7 Å². The Hall–Kier alpha value is -2.16. The third-order valence-corrected chi connectivity index (χ3v) is 2.60. The SMILES string of the molecule is CCOC(=O)CC=Cc1cccc2cnccc12. The normalized spacial score (nSPS) is 10.9. The number of esters is 1. The first kappa shape index (κ1) is 12.3. The lowest BCUT2D eigenvalue weighted by Gasteiger charge is -2.01. The molecule has 1 aromatic carbocycles. The zero-order valence-electron chi connectivity index (χ0n) is 10.3. The van der Waals surface area contributed by atoms with Crippen molar-refractivity contribution >= 4 is 22.8 Å². The Kier molecular flexibility index (Phi) is 4.07. The molecule has 1 heterocycles. The summed E-state index contributed by atoms with van der Waals surface area (Å²) in [5.41, 5.74) is 1.08. The van der Waals surface area contributed by atoms with E-state index in [9.17, 15) is 4.79 Å². The molecule has 0 unspecified atom stereocenters. The summed E-state index contributed by atoms with van der Waals surface area (Å²) >= 11 is 0. The number of ether oxygens (including phenoxy) is 1. The van der Waals surface area contributed by atoms with Gasteiger partial charge in [-0.05, 0) is 23.9 Å². The fourth-order valence-electron chi connectivity index (χ4n) is 1.79. The standard InChI is InChI=1S/C15H15NO2/c1-2-18-15(17)8-4-6-12-5-3-7-13-11-16-10-9-14(12)13/h3-7,9-11H,2,8H2,1H3. The second-order valence-corrected chi connectivity index (χ2v) is 3.86. The molecule has 3 nitrogen and oxygen atoms in total. The van der Waals surface area contributed by atoms with Crippen LogP contribution >= 0.6 is 0 Å². The Morgan fingerprint density at radius 3 is 3.11 bits per heavy atom. The van der Waals surface area contributed by atoms with Crippen molar-refractivity contribution in [3.05, 3.63) is 48.3 Å². The fourth-order valence-corrected chi connectivity index (χ4v) is 1.79. The van der Waals surface area contributed by atoms with Gasteiger partial charge in [0.25, 0.3) is 0 Å². The topological polar surface area (TPSA) is 39.2 Å². The molecule has 2 rings (SSSR count). The van der Waals surface area contributed by atoms with E-state index in [1.807, 2.05) is 42.6 Å². The number of fused-ring (bicyclic) bond motifs is 1. The van der Waals surface area contributed by atoms with Crippen LogP contribution in [0.25, 0.3) is 16.8 Å². The number of hydrogen-bond donors (Lipinski definition) is 0. The molecule has 0 aliphatic rings. The molecule has 0 amide bonds. The average molecular weight is 241 g/mol. The van der Waals surface area contributed by atoms with E-state index in [4.69, 9.17) is 4.74 Å². The second-order valence-electron chi connectivity index (χ2n) is 3.86. The summed E-state index contributed by atoms with van der Waals surface area (Å²) in [4.78, 5) is 15.3. The Morgan fingerprint density at radius 1 is 1.39 bits per heavy atom. The highest BCUT2D eigenvalue weighted by Crippen LogP contribution is 2.18. The Labute approximate surface area is 106 Å². The van der Waals surface area contributed by atoms with Gasteiger partial charge >= 0.3 is 5.97 Å². The van der Waals surface area contributed by atoms with Gasteiger partial charge in [0.05, 0.1) is 13.0 Å². The van der Waals surface area contributed by atoms with Gasteiger partial charge in [-0.2, -0.15) is 0 Å². The summed E-state index contributed by atoms with van der Waals surface area (Å²) in [6.45, 7) is 2.23. The molecule has 1 aromatic heterocycles. The second kappa shape index (κ2) is 5.96. The zero-order chi connectivity index (χ0) is 12.8. The minimum Gasteiger partial charge on any atom is -0.466 e. The third kappa shape index (κ3) is 2.94. The van der Waals surface area contributed by atoms with Gasteiger partial charge < -0.3 is 4.74 Å². The Balaban J connectivity index is 2.16. The minimum atomic E-state index is -0.198. The average Bonchev–Trinajstić information content (AvgIpc) is 2.39. The van der Waals surface area contributed by atoms with Gasteiger partial charge in [0.2, 0.25) is 0 Å². The highest BCUT2D eigenvalue weighted by molar-refractivity contribution is 5.90. The molecule has 0 saturated carbocycles. The molecule has 92 valence electrons. The first-order valence-corrected chi connectivity index (χ1v) is 5.96. The highest BCUT2D eigenvalue weighted by atomic mass is 16.5. The predicted molar refractivity (Wildman–Crippen MR) is 72.0 cm³/mol. The summed E-state index contributed by atoms with van der Waals surface area (Å²) in [5.74, 6) is -0.198. The van der Waals surface area contributed by atoms with Gasteiger partial charge in [-0.3, -0.25) is 9.78 Å². The van der Waals surface area contributed by atoms with E-state index in [0.717, 1.165) is 16.3 Å². The molecule has 2 aromatic rings. The molecule has 0 saturated heterocycles. The highest BCUT2D eigenvalue weighted by Gasteiger charge is 1.99. The van der Waals surface area contributed by atoms with Crippen molar-refractivity contribution < 1.29 is 9.53 Å². The number of carbonyl (C=O) groups is 1. The number of benzene rings is 1. The van der Waals surface area contributed by atoms with Crippen molar-refractivity contribution in [2.45, 2.75) is 13.3 Å². The molecule has 18 heavy (non-hydrogen) atoms. The van der Waals surface area contributed by atoms with E-state index in [2.05, 4.69) is 4.98 Å². The van der Waals surface area contributed by atoms with Gasteiger partial charge in [-0.15, -0.1) is 0 Å². The maximum atomic E-state index is 11.2. The van der Waals surface area contributed by atoms with Crippen molar-refractivity contribution in [2.75, 3.05) is 6.61 Å². The molecule has 0 bridgehead atoms. The maximum absolute atomic E-state index is 11.2. The van der Waals surface area contributed by atoms with Gasteiger partial charge in [-0.1, -0.05) is 30.4 Å². The van der Waals surface area contributed by atoms with Crippen LogP contribution in [0.5, 0.6) is 0 Å². The fraction of sp³-hybridized carbons (Fsp3) is 0.200. The summed E-state index contributed by atoms with van der Waals surface area (Å²) in [6.07, 6.45) is 7.67. The quantitative estimate of drug-likeness (QED) is 0.771. The van der Waals surface area contributed by atoms with E-state index in [0.29, 0.717) is 13.0 Å². The van der Waals surface area contributed by atoms with Crippen molar-refractivity contribution in [3.8, 4) is 0 Å². The molecule has 3 heteroatoms. The van der Waals surface area contributed by atoms with Gasteiger partial charge in [0.15, 0.2) is 0 Å². The molecule has 0 aliphatic carbocycles. The molecule has 0 atom stereocenters. The largest absolute Gasteiger partial charge is 0.466 e. The van der Waals surface area contributed by atoms with Gasteiger partial charge in [0.1, 0.15) is 0 Å². The van der Waals surface area contributed by atoms with Crippen LogP contribution in [0.3, 0.4) is 0 Å². The predicted octanol–water partition coefficient (Wildman–Crippen LogP) is 3.20. The van der Waals surface area contributed by atoms with Crippen LogP contribution in [0, 0.1) is 0 Å². The molecule has 0 radical (unpaired) electrons. The van der Waals surface area contributed by atoms with E-state index in [1.165, 1.54) is 0 Å². The lowest BCUT2D eigenvalue weighted by molar-refractivity contribution is -0.142. The van der Waals surface area contributed by atoms with Crippen molar-refractivity contribution in [2.24, 2.45) is 0 Å². The zero-order valence-corrected chi connectivity index (χ0v) is 10.3. The summed E-state index contributed by atoms with van der Waals surface area (Å²) < 4.78 is 4.87. The van der Waals surface area contributed by atoms with Crippen molar-refractivity contribution in [1.82, 2.24) is 4.98 Å². The van der Waals surface area contributed by atoms with E-state index in [1.54, 1.807) is 13.1 Å². The minimum absolute atomic E-state index is 0.198. The van der Waals surface area contributed by atoms with Crippen LogP contribution in [-0.4, -0.2) is 17.6 Å². The summed E-state index contributed by atoms with van der Waals surface area (Å²) in [5, 5.41) is 2.23. The monoisotopic (exact) mass is 241 g/mol. The molecule has 0 aliphatic heterocycles. The van der Waals surface area contributed by atoms with Crippen LogP contribution in [0.2, 0.25) is 0 Å². The lowest BCUT2D eigenvalue weighted by Crippen LogP contribution is -2.01. The number of pyridine rings is 1. The number of carbonyl (C=O) groups excluding carboxylic acids is 1. The number of nitrogens with zero attached hydrogens (tertiary/aromatic N) is 1. The molecule has 0 N–H and O–H groups in total. The van der Waals surface area contributed by atoms with E-state index < -0.39 is 0 Å². The third-order valence-electron chi connectivity index (χ3n) is 2.60. The lowest BCUT2D eigenvalue weighted by atomic mass is 10.1. The van der Waals surface area contributed by atoms with E-state index in [-0.39, 0.29) is 5.97 Å². The number of aromatic nitrogens is 1. The smallest absolute Gasteiger partial charge is 0.309 e. The van der Waals surface area contributed by atoms with Crippen LogP contribution < -0.4 is 0 Å². The van der Waals surface area contributed by atoms with Gasteiger partial charge in [0, 0.05) is 17.8 Å². The van der Waals surface area contributed by atoms with Crippen LogP contribution in [0.1, 0.15) is 18.9 Å². The van der Waals surface area contributed by atoms with Crippen molar-refractivity contribution in [3.63, 3.8) is 0 Å². The van der Waals surface area contributed by atoms with Gasteiger partial charge in [-0.25, -0.2) is 0 Å². The number of rotatable bonds is 4. The molecule has 0 fully saturated rings. The van der Waals surface area contributed by atoms with Crippen LogP contribution in [0.4, 0.5) is 0 Å². The number of hydrogen-bond acceptors (Lipinski definition) is 3. The summed E-state index contributed by atoms with van der Waals surface area (Å²) in [6, 6.07) is 7.99. The van der Waals surface area contributed by atoms with Crippen molar-refractivity contribution in [1.29, 1.82) is 0 Å². The Bertz CT molecular complexity index is 570. The first-order chi connectivity index (χ1) is 8.81. The van der Waals surface area contributed by atoms with E-state index >= 15 is 0 Å². The Morgan fingerprint density at radius 2 is 2.28 bits per heavy atom. The molecular formula is C15H15NO2. The molecule has 0 spiro atoms. The van der Waals surface area contributed by atoms with Crippen LogP contribution in [-0.2, 0) is 9.53 Å². The molecular weight excluding hydrogens is 226 g/mol. The first-order valence-electron chi connectivity index (χ1n) is 5.96.